The quantitative estimate of drug-likeness (QED) is 0.869. The summed E-state index contributed by atoms with van der Waals surface area (Å²) in [4.78, 5) is 12.6. The SMILES string of the molecule is NCCCn1nc(-c2cccs2)ccc1=O. The molecule has 0 aromatic carbocycles. The molecule has 0 atom stereocenters. The van der Waals surface area contributed by atoms with E-state index in [9.17, 15) is 4.79 Å². The van der Waals surface area contributed by atoms with Gasteiger partial charge in [0, 0.05) is 12.6 Å². The zero-order valence-electron chi connectivity index (χ0n) is 8.80. The molecule has 0 fully saturated rings. The summed E-state index contributed by atoms with van der Waals surface area (Å²) in [7, 11) is 0. The van der Waals surface area contributed by atoms with E-state index in [2.05, 4.69) is 5.10 Å². The van der Waals surface area contributed by atoms with E-state index in [0.717, 1.165) is 17.0 Å². The van der Waals surface area contributed by atoms with E-state index < -0.39 is 0 Å². The highest BCUT2D eigenvalue weighted by molar-refractivity contribution is 7.13. The Kier molecular flexibility index (Phi) is 3.48. The molecule has 2 aromatic heterocycles. The second kappa shape index (κ2) is 5.05. The van der Waals surface area contributed by atoms with Gasteiger partial charge in [-0.2, -0.15) is 5.10 Å². The molecule has 0 saturated carbocycles. The maximum Gasteiger partial charge on any atom is 0.266 e. The van der Waals surface area contributed by atoms with Crippen molar-refractivity contribution in [2.24, 2.45) is 5.73 Å². The summed E-state index contributed by atoms with van der Waals surface area (Å²) in [5.41, 5.74) is 6.18. The number of hydrogen-bond donors (Lipinski definition) is 1. The summed E-state index contributed by atoms with van der Waals surface area (Å²) in [5, 5.41) is 6.30. The number of aryl methyl sites for hydroxylation is 1. The average molecular weight is 235 g/mol. The Morgan fingerprint density at radius 2 is 2.25 bits per heavy atom. The Balaban J connectivity index is 2.32. The van der Waals surface area contributed by atoms with Gasteiger partial charge >= 0.3 is 0 Å². The molecule has 16 heavy (non-hydrogen) atoms. The third kappa shape index (κ3) is 2.37. The van der Waals surface area contributed by atoms with Crippen LogP contribution in [0.2, 0.25) is 0 Å². The molecule has 5 heteroatoms. The van der Waals surface area contributed by atoms with Gasteiger partial charge in [-0.05, 0) is 30.5 Å². The van der Waals surface area contributed by atoms with Gasteiger partial charge in [0.25, 0.3) is 5.56 Å². The predicted octanol–water partition coefficient (Wildman–Crippen LogP) is 1.32. The maximum atomic E-state index is 11.5. The van der Waals surface area contributed by atoms with Crippen LogP contribution in [0.15, 0.2) is 34.4 Å². The highest BCUT2D eigenvalue weighted by Crippen LogP contribution is 2.20. The topological polar surface area (TPSA) is 60.9 Å². The first-order valence-corrected chi connectivity index (χ1v) is 6.01. The number of aromatic nitrogens is 2. The Hall–Kier alpha value is -1.46. The Bertz CT molecular complexity index is 504. The zero-order chi connectivity index (χ0) is 11.4. The van der Waals surface area contributed by atoms with Gasteiger partial charge < -0.3 is 5.73 Å². The molecular formula is C11H13N3OS. The fraction of sp³-hybridized carbons (Fsp3) is 0.273. The lowest BCUT2D eigenvalue weighted by Gasteiger charge is -2.04. The molecule has 4 nitrogen and oxygen atoms in total. The van der Waals surface area contributed by atoms with Crippen molar-refractivity contribution < 1.29 is 0 Å². The van der Waals surface area contributed by atoms with Crippen LogP contribution in [-0.2, 0) is 6.54 Å². The van der Waals surface area contributed by atoms with Crippen LogP contribution in [0.25, 0.3) is 10.6 Å². The van der Waals surface area contributed by atoms with Crippen LogP contribution in [0, 0.1) is 0 Å². The van der Waals surface area contributed by atoms with Gasteiger partial charge in [-0.1, -0.05) is 6.07 Å². The molecule has 2 rings (SSSR count). The zero-order valence-corrected chi connectivity index (χ0v) is 9.61. The molecule has 2 aromatic rings. The molecule has 0 spiro atoms. The first-order chi connectivity index (χ1) is 7.81. The fourth-order valence-corrected chi connectivity index (χ4v) is 2.10. The van der Waals surface area contributed by atoms with Gasteiger partial charge in [0.2, 0.25) is 0 Å². The molecular weight excluding hydrogens is 222 g/mol. The number of hydrogen-bond acceptors (Lipinski definition) is 4. The molecule has 0 aliphatic rings. The van der Waals surface area contributed by atoms with Crippen LogP contribution in [0.4, 0.5) is 0 Å². The monoisotopic (exact) mass is 235 g/mol. The molecule has 84 valence electrons. The van der Waals surface area contributed by atoms with Crippen LogP contribution in [-0.4, -0.2) is 16.3 Å². The third-order valence-electron chi connectivity index (χ3n) is 2.21. The largest absolute Gasteiger partial charge is 0.330 e. The second-order valence-electron chi connectivity index (χ2n) is 3.40. The van der Waals surface area contributed by atoms with E-state index in [1.54, 1.807) is 23.5 Å². The minimum atomic E-state index is -0.0752. The Morgan fingerprint density at radius 3 is 2.94 bits per heavy atom. The lowest BCUT2D eigenvalue weighted by molar-refractivity contribution is 0.556. The first-order valence-electron chi connectivity index (χ1n) is 5.13. The molecule has 0 aliphatic carbocycles. The van der Waals surface area contributed by atoms with E-state index in [1.807, 2.05) is 17.5 Å². The Morgan fingerprint density at radius 1 is 1.38 bits per heavy atom. The lowest BCUT2D eigenvalue weighted by Crippen LogP contribution is -2.23. The van der Waals surface area contributed by atoms with Crippen molar-refractivity contribution in [3.05, 3.63) is 40.0 Å². The highest BCUT2D eigenvalue weighted by Gasteiger charge is 2.03. The van der Waals surface area contributed by atoms with Gasteiger partial charge in [-0.3, -0.25) is 4.79 Å². The van der Waals surface area contributed by atoms with Crippen molar-refractivity contribution in [2.75, 3.05) is 6.54 Å². The van der Waals surface area contributed by atoms with Crippen LogP contribution in [0.1, 0.15) is 6.42 Å². The molecule has 0 aliphatic heterocycles. The van der Waals surface area contributed by atoms with Crippen molar-refractivity contribution in [3.63, 3.8) is 0 Å². The van der Waals surface area contributed by atoms with Crippen LogP contribution in [0.5, 0.6) is 0 Å². The van der Waals surface area contributed by atoms with E-state index in [4.69, 9.17) is 5.73 Å². The molecule has 0 amide bonds. The van der Waals surface area contributed by atoms with E-state index in [1.165, 1.54) is 4.68 Å². The summed E-state index contributed by atoms with van der Waals surface area (Å²) < 4.78 is 1.47. The standard InChI is InChI=1S/C11H13N3OS/c12-6-2-7-14-11(15)5-4-9(13-14)10-3-1-8-16-10/h1,3-5,8H,2,6-7,12H2. The van der Waals surface area contributed by atoms with E-state index in [0.29, 0.717) is 13.1 Å². The summed E-state index contributed by atoms with van der Waals surface area (Å²) in [6.45, 7) is 1.14. The summed E-state index contributed by atoms with van der Waals surface area (Å²) in [6, 6.07) is 7.27. The molecule has 0 radical (unpaired) electrons. The van der Waals surface area contributed by atoms with E-state index in [-0.39, 0.29) is 5.56 Å². The van der Waals surface area contributed by atoms with Crippen molar-refractivity contribution >= 4 is 11.3 Å². The fourth-order valence-electron chi connectivity index (χ4n) is 1.41. The third-order valence-corrected chi connectivity index (χ3v) is 3.11. The van der Waals surface area contributed by atoms with Gasteiger partial charge in [-0.25, -0.2) is 4.68 Å². The highest BCUT2D eigenvalue weighted by atomic mass is 32.1. The number of nitrogens with two attached hydrogens (primary N) is 1. The van der Waals surface area contributed by atoms with Crippen LogP contribution >= 0.6 is 11.3 Å². The molecule has 2 N–H and O–H groups in total. The maximum absolute atomic E-state index is 11.5. The molecule has 0 bridgehead atoms. The average Bonchev–Trinajstić information content (AvgIpc) is 2.81. The number of thiophene rings is 1. The summed E-state index contributed by atoms with van der Waals surface area (Å²) >= 11 is 1.61. The lowest BCUT2D eigenvalue weighted by atomic mass is 10.3. The first kappa shape index (κ1) is 11.0. The normalized spacial score (nSPS) is 10.6. The molecule has 0 unspecified atom stereocenters. The minimum absolute atomic E-state index is 0.0752. The van der Waals surface area contributed by atoms with Crippen LogP contribution in [0.3, 0.4) is 0 Å². The van der Waals surface area contributed by atoms with Crippen molar-refractivity contribution in [1.29, 1.82) is 0 Å². The Labute approximate surface area is 97.3 Å². The minimum Gasteiger partial charge on any atom is -0.330 e. The smallest absolute Gasteiger partial charge is 0.266 e. The van der Waals surface area contributed by atoms with Crippen molar-refractivity contribution in [3.8, 4) is 10.6 Å². The number of rotatable bonds is 4. The van der Waals surface area contributed by atoms with Crippen molar-refractivity contribution in [2.45, 2.75) is 13.0 Å². The van der Waals surface area contributed by atoms with Gasteiger partial charge in [0.1, 0.15) is 5.69 Å². The second-order valence-corrected chi connectivity index (χ2v) is 4.35. The van der Waals surface area contributed by atoms with Gasteiger partial charge in [-0.15, -0.1) is 11.3 Å². The van der Waals surface area contributed by atoms with Crippen molar-refractivity contribution in [1.82, 2.24) is 9.78 Å². The predicted molar refractivity (Wildman–Crippen MR) is 65.5 cm³/mol. The number of nitrogens with zero attached hydrogens (tertiary/aromatic N) is 2. The summed E-state index contributed by atoms with van der Waals surface area (Å²) in [5.74, 6) is 0. The van der Waals surface area contributed by atoms with Gasteiger partial charge in [0.05, 0.1) is 4.88 Å². The molecule has 0 saturated heterocycles. The van der Waals surface area contributed by atoms with Gasteiger partial charge in [0.15, 0.2) is 0 Å². The molecule has 2 heterocycles. The summed E-state index contributed by atoms with van der Waals surface area (Å²) in [6.07, 6.45) is 0.765. The van der Waals surface area contributed by atoms with Crippen LogP contribution < -0.4 is 11.3 Å². The van der Waals surface area contributed by atoms with E-state index >= 15 is 0 Å².